The van der Waals surface area contributed by atoms with Crippen LogP contribution < -0.4 is 10.6 Å². The molecule has 0 aliphatic rings. The summed E-state index contributed by atoms with van der Waals surface area (Å²) in [6.45, 7) is 5.69. The molecule has 0 amide bonds. The van der Waals surface area contributed by atoms with Gasteiger partial charge in [0.15, 0.2) is 5.13 Å². The molecular weight excluding hydrogens is 280 g/mol. The van der Waals surface area contributed by atoms with E-state index in [9.17, 15) is 10.1 Å². The summed E-state index contributed by atoms with van der Waals surface area (Å²) in [5.41, 5.74) is -0.546. The molecule has 0 aromatic carbocycles. The van der Waals surface area contributed by atoms with Gasteiger partial charge in [0.25, 0.3) is 0 Å². The second kappa shape index (κ2) is 5.37. The average Bonchev–Trinajstić information content (AvgIpc) is 2.79. The molecule has 0 unspecified atom stereocenters. The Bertz CT molecular complexity index is 608. The summed E-state index contributed by atoms with van der Waals surface area (Å²) in [4.78, 5) is 22.7. The molecule has 0 bridgehead atoms. The lowest BCUT2D eigenvalue weighted by Crippen LogP contribution is -2.27. The van der Waals surface area contributed by atoms with E-state index in [1.807, 2.05) is 20.8 Å². The van der Waals surface area contributed by atoms with E-state index in [2.05, 4.69) is 25.6 Å². The van der Waals surface area contributed by atoms with Gasteiger partial charge in [0.1, 0.15) is 6.33 Å². The number of hydrogen-bond donors (Lipinski definition) is 2. The van der Waals surface area contributed by atoms with Crippen LogP contribution in [-0.4, -0.2) is 25.4 Å². The fourth-order valence-electron chi connectivity index (χ4n) is 1.48. The van der Waals surface area contributed by atoms with Crippen molar-refractivity contribution in [3.63, 3.8) is 0 Å². The number of anilines is 3. The molecule has 20 heavy (non-hydrogen) atoms. The zero-order valence-electron chi connectivity index (χ0n) is 11.2. The SMILES string of the molecule is CC(C)(C)Nc1ncnc(Nc2nccs2)c1[N+](=O)[O-]. The number of rotatable bonds is 4. The predicted octanol–water partition coefficient (Wildman–Crippen LogP) is 2.80. The molecule has 106 valence electrons. The van der Waals surface area contributed by atoms with Crippen molar-refractivity contribution in [3.8, 4) is 0 Å². The highest BCUT2D eigenvalue weighted by atomic mass is 32.1. The van der Waals surface area contributed by atoms with Crippen LogP contribution in [0.25, 0.3) is 0 Å². The van der Waals surface area contributed by atoms with Gasteiger partial charge >= 0.3 is 5.69 Å². The molecule has 0 fully saturated rings. The van der Waals surface area contributed by atoms with Gasteiger partial charge in [0, 0.05) is 17.1 Å². The first-order valence-electron chi connectivity index (χ1n) is 5.81. The molecule has 0 atom stereocenters. The Hall–Kier alpha value is -2.29. The standard InChI is InChI=1S/C11H14N6O2S/c1-11(2,3)16-9-7(17(18)19)8(13-6-14-9)15-10-12-4-5-20-10/h4-6H,1-3H3,(H2,12,13,14,15,16). The van der Waals surface area contributed by atoms with Crippen LogP contribution in [0.4, 0.5) is 22.5 Å². The van der Waals surface area contributed by atoms with E-state index >= 15 is 0 Å². The first kappa shape index (κ1) is 14.1. The van der Waals surface area contributed by atoms with Crippen molar-refractivity contribution in [1.82, 2.24) is 15.0 Å². The minimum Gasteiger partial charge on any atom is -0.360 e. The number of nitrogens with zero attached hydrogens (tertiary/aromatic N) is 4. The molecule has 2 aromatic rings. The number of hydrogen-bond acceptors (Lipinski definition) is 8. The molecule has 0 saturated heterocycles. The molecule has 0 radical (unpaired) electrons. The van der Waals surface area contributed by atoms with E-state index in [4.69, 9.17) is 0 Å². The highest BCUT2D eigenvalue weighted by Crippen LogP contribution is 2.32. The van der Waals surface area contributed by atoms with Gasteiger partial charge in [0.05, 0.1) is 4.92 Å². The lowest BCUT2D eigenvalue weighted by Gasteiger charge is -2.21. The van der Waals surface area contributed by atoms with Crippen LogP contribution in [0.2, 0.25) is 0 Å². The fraction of sp³-hybridized carbons (Fsp3) is 0.364. The third kappa shape index (κ3) is 3.38. The molecule has 0 saturated carbocycles. The lowest BCUT2D eigenvalue weighted by molar-refractivity contribution is -0.383. The Morgan fingerprint density at radius 2 is 1.95 bits per heavy atom. The van der Waals surface area contributed by atoms with Crippen LogP contribution in [-0.2, 0) is 0 Å². The van der Waals surface area contributed by atoms with Crippen molar-refractivity contribution in [2.24, 2.45) is 0 Å². The van der Waals surface area contributed by atoms with Gasteiger partial charge in [-0.1, -0.05) is 0 Å². The highest BCUT2D eigenvalue weighted by Gasteiger charge is 2.26. The van der Waals surface area contributed by atoms with E-state index in [1.165, 1.54) is 17.7 Å². The van der Waals surface area contributed by atoms with Gasteiger partial charge in [0.2, 0.25) is 11.6 Å². The number of nitro groups is 1. The number of aromatic nitrogens is 3. The van der Waals surface area contributed by atoms with Crippen molar-refractivity contribution < 1.29 is 4.92 Å². The van der Waals surface area contributed by atoms with E-state index in [0.717, 1.165) is 0 Å². The van der Waals surface area contributed by atoms with E-state index in [0.29, 0.717) is 5.13 Å². The van der Waals surface area contributed by atoms with Crippen molar-refractivity contribution in [2.75, 3.05) is 10.6 Å². The lowest BCUT2D eigenvalue weighted by atomic mass is 10.1. The summed E-state index contributed by atoms with van der Waals surface area (Å²) >= 11 is 1.33. The summed E-state index contributed by atoms with van der Waals surface area (Å²) in [5, 5.41) is 19.4. The Kier molecular flexibility index (Phi) is 3.79. The monoisotopic (exact) mass is 294 g/mol. The Balaban J connectivity index is 2.41. The summed E-state index contributed by atoms with van der Waals surface area (Å²) in [7, 11) is 0. The Morgan fingerprint density at radius 1 is 1.25 bits per heavy atom. The highest BCUT2D eigenvalue weighted by molar-refractivity contribution is 7.13. The normalized spacial score (nSPS) is 11.2. The van der Waals surface area contributed by atoms with Crippen molar-refractivity contribution in [1.29, 1.82) is 0 Å². The maximum atomic E-state index is 11.3. The number of nitrogens with one attached hydrogen (secondary N) is 2. The van der Waals surface area contributed by atoms with Gasteiger partial charge in [-0.15, -0.1) is 11.3 Å². The predicted molar refractivity (Wildman–Crippen MR) is 77.5 cm³/mol. The van der Waals surface area contributed by atoms with Crippen LogP contribution >= 0.6 is 11.3 Å². The van der Waals surface area contributed by atoms with Crippen LogP contribution in [0.15, 0.2) is 17.9 Å². The smallest absolute Gasteiger partial charge is 0.353 e. The molecule has 0 spiro atoms. The second-order valence-electron chi connectivity index (χ2n) is 5.01. The van der Waals surface area contributed by atoms with E-state index < -0.39 is 4.92 Å². The topological polar surface area (TPSA) is 106 Å². The first-order chi connectivity index (χ1) is 9.37. The molecule has 2 heterocycles. The fourth-order valence-corrected chi connectivity index (χ4v) is 2.00. The van der Waals surface area contributed by atoms with E-state index in [1.54, 1.807) is 11.6 Å². The van der Waals surface area contributed by atoms with Crippen LogP contribution in [0, 0.1) is 10.1 Å². The van der Waals surface area contributed by atoms with Crippen LogP contribution in [0.1, 0.15) is 20.8 Å². The first-order valence-corrected chi connectivity index (χ1v) is 6.69. The van der Waals surface area contributed by atoms with Gasteiger partial charge in [-0.2, -0.15) is 0 Å². The second-order valence-corrected chi connectivity index (χ2v) is 5.91. The quantitative estimate of drug-likeness (QED) is 0.659. The minimum absolute atomic E-state index is 0.117. The molecule has 2 rings (SSSR count). The molecule has 0 aliphatic heterocycles. The van der Waals surface area contributed by atoms with Crippen LogP contribution in [0.3, 0.4) is 0 Å². The number of thiazole rings is 1. The van der Waals surface area contributed by atoms with Gasteiger partial charge in [-0.05, 0) is 20.8 Å². The largest absolute Gasteiger partial charge is 0.360 e. The zero-order chi connectivity index (χ0) is 14.8. The molecule has 2 N–H and O–H groups in total. The Morgan fingerprint density at radius 3 is 2.50 bits per heavy atom. The minimum atomic E-state index is -0.510. The summed E-state index contributed by atoms with van der Waals surface area (Å²) in [6.07, 6.45) is 2.88. The molecule has 2 aromatic heterocycles. The Labute approximate surface area is 119 Å². The average molecular weight is 294 g/mol. The summed E-state index contributed by atoms with van der Waals surface area (Å²) in [5.74, 6) is 0.295. The van der Waals surface area contributed by atoms with Gasteiger partial charge in [-0.25, -0.2) is 15.0 Å². The molecule has 0 aliphatic carbocycles. The van der Waals surface area contributed by atoms with Gasteiger partial charge in [-0.3, -0.25) is 10.1 Å². The van der Waals surface area contributed by atoms with E-state index in [-0.39, 0.29) is 22.9 Å². The molecule has 9 heteroatoms. The van der Waals surface area contributed by atoms with Crippen molar-refractivity contribution in [3.05, 3.63) is 28.0 Å². The molecule has 8 nitrogen and oxygen atoms in total. The van der Waals surface area contributed by atoms with Crippen molar-refractivity contribution >= 4 is 33.8 Å². The summed E-state index contributed by atoms with van der Waals surface area (Å²) < 4.78 is 0. The maximum absolute atomic E-state index is 11.3. The zero-order valence-corrected chi connectivity index (χ0v) is 12.1. The molecular formula is C11H14N6O2S. The third-order valence-electron chi connectivity index (χ3n) is 2.16. The third-order valence-corrected chi connectivity index (χ3v) is 2.84. The van der Waals surface area contributed by atoms with Crippen LogP contribution in [0.5, 0.6) is 0 Å². The maximum Gasteiger partial charge on any atom is 0.353 e. The summed E-state index contributed by atoms with van der Waals surface area (Å²) in [6, 6.07) is 0. The van der Waals surface area contributed by atoms with Gasteiger partial charge < -0.3 is 10.6 Å². The van der Waals surface area contributed by atoms with Crippen molar-refractivity contribution in [2.45, 2.75) is 26.3 Å².